The van der Waals surface area contributed by atoms with Crippen LogP contribution in [0.5, 0.6) is 0 Å². The molecule has 0 atom stereocenters. The summed E-state index contributed by atoms with van der Waals surface area (Å²) in [6, 6.07) is 17.3. The van der Waals surface area contributed by atoms with Crippen molar-refractivity contribution in [2.24, 2.45) is 0 Å². The van der Waals surface area contributed by atoms with Crippen LogP contribution in [0.15, 0.2) is 54.6 Å². The normalized spacial score (nSPS) is 11.3. The highest BCUT2D eigenvalue weighted by Gasteiger charge is 2.23. The summed E-state index contributed by atoms with van der Waals surface area (Å²) in [5.41, 5.74) is 4.51. The van der Waals surface area contributed by atoms with Gasteiger partial charge in [-0.2, -0.15) is 5.10 Å². The summed E-state index contributed by atoms with van der Waals surface area (Å²) in [5, 5.41) is 10.8. The van der Waals surface area contributed by atoms with Gasteiger partial charge < -0.3 is 15.5 Å². The molecule has 3 rings (SSSR count). The monoisotopic (exact) mass is 489 g/mol. The van der Waals surface area contributed by atoms with Gasteiger partial charge in [-0.1, -0.05) is 71.4 Å². The Morgan fingerprint density at radius 3 is 2.42 bits per heavy atom. The second kappa shape index (κ2) is 11.9. The van der Waals surface area contributed by atoms with E-state index in [0.717, 1.165) is 47.5 Å². The number of nitrogens with one attached hydrogen (secondary N) is 2. The van der Waals surface area contributed by atoms with Gasteiger partial charge in [0.2, 0.25) is 5.91 Å². The summed E-state index contributed by atoms with van der Waals surface area (Å²) in [4.78, 5) is 27.9. The summed E-state index contributed by atoms with van der Waals surface area (Å²) in [6.45, 7) is 12.9. The lowest BCUT2D eigenvalue weighted by molar-refractivity contribution is -0.116. The number of para-hydroxylation sites is 1. The number of benzene rings is 2. The Hall–Kier alpha value is -3.61. The first-order valence-corrected chi connectivity index (χ1v) is 12.7. The zero-order valence-electron chi connectivity index (χ0n) is 22.4. The number of rotatable bonds is 9. The van der Waals surface area contributed by atoms with Crippen molar-refractivity contribution in [2.75, 3.05) is 23.7 Å². The van der Waals surface area contributed by atoms with Gasteiger partial charge in [-0.05, 0) is 49.1 Å². The Labute approximate surface area is 214 Å². The van der Waals surface area contributed by atoms with Crippen molar-refractivity contribution in [3.05, 3.63) is 71.4 Å². The van der Waals surface area contributed by atoms with Crippen LogP contribution in [0.3, 0.4) is 0 Å². The van der Waals surface area contributed by atoms with Gasteiger partial charge in [-0.25, -0.2) is 9.48 Å². The number of carbonyl (C=O) groups is 2. The molecule has 192 valence electrons. The van der Waals surface area contributed by atoms with Crippen LogP contribution >= 0.6 is 0 Å². The maximum absolute atomic E-state index is 13.2. The zero-order valence-corrected chi connectivity index (χ0v) is 22.4. The Balaban J connectivity index is 1.81. The average Bonchev–Trinajstić information content (AvgIpc) is 3.26. The number of aromatic nitrogens is 2. The molecule has 0 saturated heterocycles. The van der Waals surface area contributed by atoms with E-state index in [1.54, 1.807) is 9.58 Å². The van der Waals surface area contributed by atoms with E-state index in [9.17, 15) is 9.59 Å². The van der Waals surface area contributed by atoms with E-state index < -0.39 is 0 Å². The second-order valence-electron chi connectivity index (χ2n) is 10.2. The standard InChI is InChI=1S/C29H39N5O2/c1-7-9-17-33(28(36)30-23-15-12-14-22(8-2)18-23)20-27(35)31-26-19-25(29(4,5)6)32-34(26)24-16-11-10-13-21(24)3/h10-16,18-19H,7-9,17,20H2,1-6H3,(H,30,36)(H,31,35). The van der Waals surface area contributed by atoms with Crippen LogP contribution in [0.25, 0.3) is 5.69 Å². The SMILES string of the molecule is CCCCN(CC(=O)Nc1cc(C(C)(C)C)nn1-c1ccccc1C)C(=O)Nc1cccc(CC)c1. The highest BCUT2D eigenvalue weighted by Crippen LogP contribution is 2.27. The van der Waals surface area contributed by atoms with E-state index >= 15 is 0 Å². The van der Waals surface area contributed by atoms with Crippen LogP contribution < -0.4 is 10.6 Å². The Morgan fingerprint density at radius 2 is 1.75 bits per heavy atom. The predicted octanol–water partition coefficient (Wildman–Crippen LogP) is 6.31. The first kappa shape index (κ1) is 27.0. The van der Waals surface area contributed by atoms with E-state index in [0.29, 0.717) is 12.4 Å². The first-order chi connectivity index (χ1) is 17.1. The van der Waals surface area contributed by atoms with Gasteiger partial charge >= 0.3 is 6.03 Å². The lowest BCUT2D eigenvalue weighted by Crippen LogP contribution is -2.41. The lowest BCUT2D eigenvalue weighted by atomic mass is 9.92. The molecule has 0 radical (unpaired) electrons. The Morgan fingerprint density at radius 1 is 1.00 bits per heavy atom. The average molecular weight is 490 g/mol. The van der Waals surface area contributed by atoms with Crippen molar-refractivity contribution in [3.8, 4) is 5.69 Å². The van der Waals surface area contributed by atoms with Gasteiger partial charge in [0.1, 0.15) is 12.4 Å². The molecule has 36 heavy (non-hydrogen) atoms. The van der Waals surface area contributed by atoms with E-state index in [4.69, 9.17) is 5.10 Å². The maximum Gasteiger partial charge on any atom is 0.322 e. The van der Waals surface area contributed by atoms with Crippen LogP contribution in [0.1, 0.15) is 64.3 Å². The summed E-state index contributed by atoms with van der Waals surface area (Å²) >= 11 is 0. The second-order valence-corrected chi connectivity index (χ2v) is 10.2. The molecular formula is C29H39N5O2. The van der Waals surface area contributed by atoms with Crippen molar-refractivity contribution < 1.29 is 9.59 Å². The minimum absolute atomic E-state index is 0.0525. The summed E-state index contributed by atoms with van der Waals surface area (Å²) in [6.07, 6.45) is 2.62. The lowest BCUT2D eigenvalue weighted by Gasteiger charge is -2.23. The number of hydrogen-bond donors (Lipinski definition) is 2. The van der Waals surface area contributed by atoms with Crippen LogP contribution in [-0.4, -0.2) is 39.7 Å². The molecule has 0 bridgehead atoms. The molecule has 0 aliphatic rings. The number of aryl methyl sites for hydroxylation is 2. The summed E-state index contributed by atoms with van der Waals surface area (Å²) < 4.78 is 1.78. The fraction of sp³-hybridized carbons (Fsp3) is 0.414. The van der Waals surface area contributed by atoms with Crippen molar-refractivity contribution in [1.82, 2.24) is 14.7 Å². The number of carbonyl (C=O) groups excluding carboxylic acids is 2. The minimum atomic E-state index is -0.283. The molecule has 3 aromatic rings. The van der Waals surface area contributed by atoms with Gasteiger partial charge in [-0.15, -0.1) is 0 Å². The maximum atomic E-state index is 13.2. The third-order valence-corrected chi connectivity index (χ3v) is 6.08. The Bertz CT molecular complexity index is 1190. The highest BCUT2D eigenvalue weighted by molar-refractivity contribution is 5.96. The largest absolute Gasteiger partial charge is 0.322 e. The number of amides is 3. The molecule has 0 aliphatic carbocycles. The molecular weight excluding hydrogens is 450 g/mol. The quantitative estimate of drug-likeness (QED) is 0.369. The predicted molar refractivity (Wildman–Crippen MR) is 147 cm³/mol. The molecule has 0 fully saturated rings. The van der Waals surface area contributed by atoms with Crippen LogP contribution in [0.2, 0.25) is 0 Å². The number of urea groups is 1. The number of unbranched alkanes of at least 4 members (excludes halogenated alkanes) is 1. The molecule has 0 unspecified atom stereocenters. The molecule has 0 saturated carbocycles. The van der Waals surface area contributed by atoms with Crippen LogP contribution in [-0.2, 0) is 16.6 Å². The zero-order chi connectivity index (χ0) is 26.3. The molecule has 7 nitrogen and oxygen atoms in total. The molecule has 1 aromatic heterocycles. The van der Waals surface area contributed by atoms with Crippen molar-refractivity contribution in [3.63, 3.8) is 0 Å². The number of hydrogen-bond acceptors (Lipinski definition) is 3. The van der Waals surface area contributed by atoms with Crippen molar-refractivity contribution >= 4 is 23.4 Å². The van der Waals surface area contributed by atoms with Gasteiger partial charge in [0.15, 0.2) is 0 Å². The topological polar surface area (TPSA) is 79.3 Å². The van der Waals surface area contributed by atoms with Crippen LogP contribution in [0, 0.1) is 6.92 Å². The minimum Gasteiger partial charge on any atom is -0.315 e. The number of anilines is 2. The third kappa shape index (κ3) is 6.97. The fourth-order valence-corrected chi connectivity index (χ4v) is 3.85. The third-order valence-electron chi connectivity index (χ3n) is 6.08. The molecule has 2 aromatic carbocycles. The summed E-state index contributed by atoms with van der Waals surface area (Å²) in [5.74, 6) is 0.324. The van der Waals surface area contributed by atoms with E-state index in [-0.39, 0.29) is 23.9 Å². The molecule has 3 amide bonds. The summed E-state index contributed by atoms with van der Waals surface area (Å²) in [7, 11) is 0. The Kier molecular flexibility index (Phi) is 8.91. The van der Waals surface area contributed by atoms with Gasteiger partial charge in [0, 0.05) is 23.7 Å². The highest BCUT2D eigenvalue weighted by atomic mass is 16.2. The van der Waals surface area contributed by atoms with E-state index in [2.05, 4.69) is 45.3 Å². The smallest absolute Gasteiger partial charge is 0.315 e. The van der Waals surface area contributed by atoms with Crippen LogP contribution in [0.4, 0.5) is 16.3 Å². The van der Waals surface area contributed by atoms with E-state index in [1.165, 1.54) is 0 Å². The molecule has 7 heteroatoms. The molecule has 1 heterocycles. The van der Waals surface area contributed by atoms with Crippen molar-refractivity contribution in [1.29, 1.82) is 0 Å². The van der Waals surface area contributed by atoms with E-state index in [1.807, 2.05) is 61.5 Å². The molecule has 0 spiro atoms. The van der Waals surface area contributed by atoms with Crippen molar-refractivity contribution in [2.45, 2.75) is 66.2 Å². The van der Waals surface area contributed by atoms with Gasteiger partial charge in [-0.3, -0.25) is 4.79 Å². The van der Waals surface area contributed by atoms with Gasteiger partial charge in [0.25, 0.3) is 0 Å². The molecule has 0 aliphatic heterocycles. The number of nitrogens with zero attached hydrogens (tertiary/aromatic N) is 3. The fourth-order valence-electron chi connectivity index (χ4n) is 3.85. The van der Waals surface area contributed by atoms with Gasteiger partial charge in [0.05, 0.1) is 11.4 Å². The first-order valence-electron chi connectivity index (χ1n) is 12.7. The molecule has 2 N–H and O–H groups in total.